The molecule has 4 aromatic rings. The Morgan fingerprint density at radius 1 is 0.857 bits per heavy atom. The molecule has 0 unspecified atom stereocenters. The van der Waals surface area contributed by atoms with Crippen molar-refractivity contribution in [2.45, 2.75) is 13.2 Å². The second kappa shape index (κ2) is 12.2. The Balaban J connectivity index is 1.27. The van der Waals surface area contributed by atoms with Crippen LogP contribution in [0.2, 0.25) is 5.02 Å². The quantitative estimate of drug-likeness (QED) is 0.180. The van der Waals surface area contributed by atoms with Crippen molar-refractivity contribution in [3.05, 3.63) is 129 Å². The van der Waals surface area contributed by atoms with Crippen LogP contribution < -0.4 is 14.9 Å². The van der Waals surface area contributed by atoms with E-state index in [9.17, 15) is 4.79 Å². The maximum atomic E-state index is 12.4. The van der Waals surface area contributed by atoms with E-state index in [-0.39, 0.29) is 5.91 Å². The third kappa shape index (κ3) is 7.44. The van der Waals surface area contributed by atoms with Crippen molar-refractivity contribution in [1.29, 1.82) is 0 Å². The highest BCUT2D eigenvalue weighted by Crippen LogP contribution is 2.19. The maximum absolute atomic E-state index is 12.4. The molecule has 4 rings (SSSR count). The van der Waals surface area contributed by atoms with Gasteiger partial charge < -0.3 is 9.47 Å². The maximum Gasteiger partial charge on any atom is 0.271 e. The molecule has 176 valence electrons. The van der Waals surface area contributed by atoms with Gasteiger partial charge in [-0.3, -0.25) is 4.79 Å². The van der Waals surface area contributed by atoms with Crippen molar-refractivity contribution >= 4 is 39.7 Å². The van der Waals surface area contributed by atoms with Crippen LogP contribution in [0.3, 0.4) is 0 Å². The van der Waals surface area contributed by atoms with Crippen LogP contribution in [0.5, 0.6) is 11.5 Å². The van der Waals surface area contributed by atoms with Crippen molar-refractivity contribution in [2.24, 2.45) is 5.10 Å². The molecule has 0 aromatic heterocycles. The van der Waals surface area contributed by atoms with Gasteiger partial charge in [0.1, 0.15) is 24.7 Å². The Bertz CT molecular complexity index is 1310. The number of benzene rings is 4. The molecule has 0 fully saturated rings. The molecule has 5 nitrogen and oxygen atoms in total. The second-order valence-electron chi connectivity index (χ2n) is 7.59. The molecule has 0 bridgehead atoms. The lowest BCUT2D eigenvalue weighted by Gasteiger charge is -2.08. The number of carbonyl (C=O) groups excluding carboxylic acids is 1. The molecule has 0 atom stereocenters. The van der Waals surface area contributed by atoms with Crippen LogP contribution in [0.25, 0.3) is 0 Å². The summed E-state index contributed by atoms with van der Waals surface area (Å²) < 4.78 is 12.6. The topological polar surface area (TPSA) is 59.9 Å². The van der Waals surface area contributed by atoms with Crippen LogP contribution in [0.15, 0.2) is 107 Å². The average molecular weight is 550 g/mol. The number of nitrogens with zero attached hydrogens (tertiary/aromatic N) is 1. The van der Waals surface area contributed by atoms with Crippen LogP contribution in [0.4, 0.5) is 0 Å². The molecule has 0 saturated carbocycles. The van der Waals surface area contributed by atoms with Gasteiger partial charge in [0, 0.05) is 20.6 Å². The van der Waals surface area contributed by atoms with E-state index in [0.717, 1.165) is 21.2 Å². The van der Waals surface area contributed by atoms with E-state index in [1.54, 1.807) is 30.5 Å². The normalized spacial score (nSPS) is 10.8. The van der Waals surface area contributed by atoms with E-state index < -0.39 is 0 Å². The van der Waals surface area contributed by atoms with Crippen molar-refractivity contribution in [1.82, 2.24) is 5.43 Å². The minimum atomic E-state index is -0.313. The minimum absolute atomic E-state index is 0.313. The van der Waals surface area contributed by atoms with Crippen molar-refractivity contribution in [3.63, 3.8) is 0 Å². The summed E-state index contributed by atoms with van der Waals surface area (Å²) in [7, 11) is 0. The fourth-order valence-electron chi connectivity index (χ4n) is 3.14. The summed E-state index contributed by atoms with van der Waals surface area (Å²) in [5.74, 6) is 1.05. The van der Waals surface area contributed by atoms with Gasteiger partial charge in [0.15, 0.2) is 0 Å². The van der Waals surface area contributed by atoms with Gasteiger partial charge in [0.25, 0.3) is 5.91 Å². The molecule has 4 aromatic carbocycles. The highest BCUT2D eigenvalue weighted by Gasteiger charge is 2.05. The molecule has 1 N–H and O–H groups in total. The van der Waals surface area contributed by atoms with Crippen molar-refractivity contribution in [3.8, 4) is 11.5 Å². The molecular formula is C28H22BrClN2O3. The van der Waals surface area contributed by atoms with Crippen LogP contribution in [0, 0.1) is 0 Å². The number of ether oxygens (including phenoxy) is 2. The lowest BCUT2D eigenvalue weighted by molar-refractivity contribution is 0.0955. The molecule has 0 aliphatic carbocycles. The van der Waals surface area contributed by atoms with E-state index in [1.807, 2.05) is 72.8 Å². The lowest BCUT2D eigenvalue weighted by Crippen LogP contribution is -2.17. The molecule has 35 heavy (non-hydrogen) atoms. The molecule has 0 radical (unpaired) electrons. The van der Waals surface area contributed by atoms with Gasteiger partial charge in [-0.05, 0) is 65.7 Å². The summed E-state index contributed by atoms with van der Waals surface area (Å²) in [5, 5.41) is 4.72. The Hall–Kier alpha value is -3.61. The predicted molar refractivity (Wildman–Crippen MR) is 142 cm³/mol. The Morgan fingerprint density at radius 2 is 1.60 bits per heavy atom. The molecular weight excluding hydrogens is 528 g/mol. The molecule has 0 spiro atoms. The standard InChI is InChI=1S/C28H22BrClN2O3/c29-24-12-8-20(9-13-24)18-34-25-14-10-22(11-15-25)28(33)32-31-17-21-4-3-6-26(16-21)35-19-23-5-1-2-7-27(23)30/h1-17H,18-19H2,(H,32,33)/b31-17-. The van der Waals surface area contributed by atoms with Crippen LogP contribution >= 0.6 is 27.5 Å². The first-order valence-corrected chi connectivity index (χ1v) is 12.0. The van der Waals surface area contributed by atoms with E-state index in [1.165, 1.54) is 0 Å². The van der Waals surface area contributed by atoms with Crippen molar-refractivity contribution < 1.29 is 14.3 Å². The summed E-state index contributed by atoms with van der Waals surface area (Å²) in [4.78, 5) is 12.4. The number of hydrazone groups is 1. The first-order valence-electron chi connectivity index (χ1n) is 10.8. The third-order valence-electron chi connectivity index (χ3n) is 5.03. The highest BCUT2D eigenvalue weighted by atomic mass is 79.9. The van der Waals surface area contributed by atoms with Gasteiger partial charge in [0.05, 0.1) is 6.21 Å². The predicted octanol–water partition coefficient (Wildman–Crippen LogP) is 7.02. The van der Waals surface area contributed by atoms with Gasteiger partial charge in [0.2, 0.25) is 0 Å². The number of nitrogens with one attached hydrogen (secondary N) is 1. The summed E-state index contributed by atoms with van der Waals surface area (Å²) in [6.45, 7) is 0.810. The fourth-order valence-corrected chi connectivity index (χ4v) is 3.60. The number of halogens is 2. The number of rotatable bonds is 9. The highest BCUT2D eigenvalue weighted by molar-refractivity contribution is 9.10. The van der Waals surface area contributed by atoms with Crippen molar-refractivity contribution in [2.75, 3.05) is 0 Å². The molecule has 0 aliphatic rings. The molecule has 7 heteroatoms. The number of hydrogen-bond acceptors (Lipinski definition) is 4. The summed E-state index contributed by atoms with van der Waals surface area (Å²) in [6.07, 6.45) is 1.57. The average Bonchev–Trinajstić information content (AvgIpc) is 2.88. The minimum Gasteiger partial charge on any atom is -0.489 e. The monoisotopic (exact) mass is 548 g/mol. The Kier molecular flexibility index (Phi) is 8.54. The van der Waals surface area contributed by atoms with Gasteiger partial charge >= 0.3 is 0 Å². The molecule has 0 aliphatic heterocycles. The van der Waals surface area contributed by atoms with Crippen LogP contribution in [-0.2, 0) is 13.2 Å². The summed E-state index contributed by atoms with van der Waals surface area (Å²) >= 11 is 9.59. The van der Waals surface area contributed by atoms with Gasteiger partial charge in [-0.15, -0.1) is 0 Å². The van der Waals surface area contributed by atoms with E-state index >= 15 is 0 Å². The lowest BCUT2D eigenvalue weighted by atomic mass is 10.2. The van der Waals surface area contributed by atoms with Gasteiger partial charge in [-0.2, -0.15) is 5.10 Å². The zero-order chi connectivity index (χ0) is 24.5. The zero-order valence-electron chi connectivity index (χ0n) is 18.7. The number of hydrogen-bond donors (Lipinski definition) is 1. The molecule has 1 amide bonds. The SMILES string of the molecule is O=C(N/N=C\c1cccc(OCc2ccccc2Cl)c1)c1ccc(OCc2ccc(Br)cc2)cc1. The first kappa shape index (κ1) is 24.5. The molecule has 0 saturated heterocycles. The third-order valence-corrected chi connectivity index (χ3v) is 5.92. The Morgan fingerprint density at radius 3 is 2.37 bits per heavy atom. The van der Waals surface area contributed by atoms with Crippen LogP contribution in [0.1, 0.15) is 27.0 Å². The van der Waals surface area contributed by atoms with Gasteiger partial charge in [-0.1, -0.05) is 70.0 Å². The van der Waals surface area contributed by atoms with E-state index in [4.69, 9.17) is 21.1 Å². The number of amides is 1. The summed E-state index contributed by atoms with van der Waals surface area (Å²) in [5.41, 5.74) is 5.78. The number of carbonyl (C=O) groups is 1. The smallest absolute Gasteiger partial charge is 0.271 e. The fraction of sp³-hybridized carbons (Fsp3) is 0.0714. The van der Waals surface area contributed by atoms with Crippen LogP contribution in [-0.4, -0.2) is 12.1 Å². The summed E-state index contributed by atoms with van der Waals surface area (Å²) in [6, 6.07) is 29.8. The first-order chi connectivity index (χ1) is 17.1. The molecule has 0 heterocycles. The zero-order valence-corrected chi connectivity index (χ0v) is 21.0. The van der Waals surface area contributed by atoms with E-state index in [0.29, 0.717) is 35.3 Å². The second-order valence-corrected chi connectivity index (χ2v) is 8.91. The Labute approximate surface area is 217 Å². The van der Waals surface area contributed by atoms with E-state index in [2.05, 4.69) is 26.5 Å². The van der Waals surface area contributed by atoms with Gasteiger partial charge in [-0.25, -0.2) is 5.43 Å². The largest absolute Gasteiger partial charge is 0.489 e.